The highest BCUT2D eigenvalue weighted by atomic mass is 35.5. The summed E-state index contributed by atoms with van der Waals surface area (Å²) < 4.78 is 0. The van der Waals surface area contributed by atoms with Gasteiger partial charge in [-0.05, 0) is 19.1 Å². The highest BCUT2D eigenvalue weighted by molar-refractivity contribution is 6.36. The summed E-state index contributed by atoms with van der Waals surface area (Å²) in [6.07, 6.45) is -0.286. The summed E-state index contributed by atoms with van der Waals surface area (Å²) in [4.78, 5) is 4.63. The van der Waals surface area contributed by atoms with Crippen LogP contribution in [-0.4, -0.2) is 0 Å². The summed E-state index contributed by atoms with van der Waals surface area (Å²) in [5.41, 5.74) is 0.725. The van der Waals surface area contributed by atoms with Crippen LogP contribution in [0, 0.1) is 0 Å². The van der Waals surface area contributed by atoms with Crippen molar-refractivity contribution >= 4 is 23.2 Å². The summed E-state index contributed by atoms with van der Waals surface area (Å²) >= 11 is 11.8. The lowest BCUT2D eigenvalue weighted by Crippen LogP contribution is -2.06. The lowest BCUT2D eigenvalue weighted by molar-refractivity contribution is 0.0665. The second-order valence-electron chi connectivity index (χ2n) is 2.41. The first kappa shape index (κ1) is 9.81. The van der Waals surface area contributed by atoms with E-state index in [4.69, 9.17) is 29.1 Å². The first-order valence-electron chi connectivity index (χ1n) is 3.46. The van der Waals surface area contributed by atoms with Crippen molar-refractivity contribution in [2.75, 3.05) is 0 Å². The number of hydrogen-bond acceptors (Lipinski definition) is 2. The van der Waals surface area contributed by atoms with Gasteiger partial charge in [0.15, 0.2) is 0 Å². The van der Waals surface area contributed by atoms with Crippen molar-refractivity contribution in [2.24, 2.45) is 5.90 Å². The van der Waals surface area contributed by atoms with Gasteiger partial charge in [0.25, 0.3) is 0 Å². The average molecular weight is 206 g/mol. The Morgan fingerprint density at radius 2 is 1.83 bits per heavy atom. The molecule has 0 bridgehead atoms. The van der Waals surface area contributed by atoms with Crippen LogP contribution < -0.4 is 5.90 Å². The second kappa shape index (κ2) is 4.10. The van der Waals surface area contributed by atoms with Crippen molar-refractivity contribution in [2.45, 2.75) is 13.0 Å². The summed E-state index contributed by atoms with van der Waals surface area (Å²) in [5.74, 6) is 5.02. The molecular formula is C8H9Cl2NO. The van der Waals surface area contributed by atoms with Gasteiger partial charge in [-0.1, -0.05) is 29.3 Å². The van der Waals surface area contributed by atoms with Gasteiger partial charge in [-0.2, -0.15) is 0 Å². The van der Waals surface area contributed by atoms with Crippen molar-refractivity contribution < 1.29 is 4.84 Å². The molecule has 1 rings (SSSR count). The van der Waals surface area contributed by atoms with Crippen LogP contribution in [0.3, 0.4) is 0 Å². The molecule has 1 aromatic carbocycles. The number of benzene rings is 1. The van der Waals surface area contributed by atoms with E-state index >= 15 is 0 Å². The van der Waals surface area contributed by atoms with Gasteiger partial charge in [-0.3, -0.25) is 4.84 Å². The Labute approximate surface area is 81.2 Å². The summed E-state index contributed by atoms with van der Waals surface area (Å²) in [6.45, 7) is 1.78. The third kappa shape index (κ3) is 1.90. The largest absolute Gasteiger partial charge is 0.297 e. The van der Waals surface area contributed by atoms with Crippen molar-refractivity contribution in [3.05, 3.63) is 33.8 Å². The van der Waals surface area contributed by atoms with Gasteiger partial charge in [0.1, 0.15) is 6.10 Å². The number of halogens is 2. The molecule has 0 radical (unpaired) electrons. The minimum Gasteiger partial charge on any atom is -0.297 e. The molecule has 2 nitrogen and oxygen atoms in total. The molecule has 0 aliphatic heterocycles. The molecule has 2 N–H and O–H groups in total. The average Bonchev–Trinajstić information content (AvgIpc) is 2.03. The molecule has 0 fully saturated rings. The molecule has 0 amide bonds. The van der Waals surface area contributed by atoms with E-state index in [2.05, 4.69) is 4.84 Å². The standard InChI is InChI=1S/C8H9Cl2NO/c1-5(12-11)8-6(9)3-2-4-7(8)10/h2-5H,11H2,1H3. The van der Waals surface area contributed by atoms with Crippen LogP contribution in [0.4, 0.5) is 0 Å². The van der Waals surface area contributed by atoms with E-state index in [9.17, 15) is 0 Å². The minimum absolute atomic E-state index is 0.286. The maximum Gasteiger partial charge on any atom is 0.104 e. The fraction of sp³-hybridized carbons (Fsp3) is 0.250. The monoisotopic (exact) mass is 205 g/mol. The maximum absolute atomic E-state index is 5.88. The van der Waals surface area contributed by atoms with Crippen LogP contribution in [0.25, 0.3) is 0 Å². The first-order chi connectivity index (χ1) is 5.66. The number of hydrogen-bond donors (Lipinski definition) is 1. The van der Waals surface area contributed by atoms with E-state index in [1.54, 1.807) is 25.1 Å². The van der Waals surface area contributed by atoms with Crippen molar-refractivity contribution in [3.63, 3.8) is 0 Å². The Balaban J connectivity index is 3.12. The highest BCUT2D eigenvalue weighted by Gasteiger charge is 2.12. The van der Waals surface area contributed by atoms with Gasteiger partial charge in [-0.15, -0.1) is 0 Å². The molecule has 12 heavy (non-hydrogen) atoms. The van der Waals surface area contributed by atoms with Crippen LogP contribution in [0.1, 0.15) is 18.6 Å². The maximum atomic E-state index is 5.88. The lowest BCUT2D eigenvalue weighted by atomic mass is 10.1. The fourth-order valence-electron chi connectivity index (χ4n) is 0.967. The quantitative estimate of drug-likeness (QED) is 0.755. The molecule has 0 aromatic heterocycles. The topological polar surface area (TPSA) is 35.2 Å². The van der Waals surface area contributed by atoms with Crippen LogP contribution >= 0.6 is 23.2 Å². The Kier molecular flexibility index (Phi) is 3.35. The van der Waals surface area contributed by atoms with Gasteiger partial charge in [0, 0.05) is 15.6 Å². The minimum atomic E-state index is -0.286. The van der Waals surface area contributed by atoms with E-state index in [0.29, 0.717) is 10.0 Å². The Morgan fingerprint density at radius 1 is 1.33 bits per heavy atom. The molecule has 1 unspecified atom stereocenters. The Hall–Kier alpha value is -0.280. The van der Waals surface area contributed by atoms with E-state index in [-0.39, 0.29) is 6.10 Å². The fourth-order valence-corrected chi connectivity index (χ4v) is 1.67. The molecule has 0 aliphatic rings. The van der Waals surface area contributed by atoms with E-state index in [0.717, 1.165) is 5.56 Å². The van der Waals surface area contributed by atoms with Gasteiger partial charge in [0.05, 0.1) is 0 Å². The van der Waals surface area contributed by atoms with Crippen LogP contribution in [0.5, 0.6) is 0 Å². The molecule has 1 aromatic rings. The zero-order valence-electron chi connectivity index (χ0n) is 6.55. The third-order valence-corrected chi connectivity index (χ3v) is 2.27. The molecule has 0 spiro atoms. The molecule has 0 saturated carbocycles. The van der Waals surface area contributed by atoms with E-state index in [1.807, 2.05) is 0 Å². The number of rotatable bonds is 2. The SMILES string of the molecule is CC(ON)c1c(Cl)cccc1Cl. The summed E-state index contributed by atoms with van der Waals surface area (Å²) in [5, 5.41) is 1.14. The zero-order valence-corrected chi connectivity index (χ0v) is 8.06. The molecule has 0 aliphatic carbocycles. The van der Waals surface area contributed by atoms with Gasteiger partial charge in [0.2, 0.25) is 0 Å². The number of nitrogens with two attached hydrogens (primary N) is 1. The molecule has 1 atom stereocenters. The highest BCUT2D eigenvalue weighted by Crippen LogP contribution is 2.30. The van der Waals surface area contributed by atoms with E-state index < -0.39 is 0 Å². The van der Waals surface area contributed by atoms with Gasteiger partial charge in [-0.25, -0.2) is 5.90 Å². The predicted molar refractivity (Wildman–Crippen MR) is 50.1 cm³/mol. The summed E-state index contributed by atoms with van der Waals surface area (Å²) in [6, 6.07) is 5.27. The molecule has 66 valence electrons. The Morgan fingerprint density at radius 3 is 2.25 bits per heavy atom. The Bertz CT molecular complexity index is 258. The van der Waals surface area contributed by atoms with Crippen molar-refractivity contribution in [1.82, 2.24) is 0 Å². The van der Waals surface area contributed by atoms with Crippen LogP contribution in [-0.2, 0) is 4.84 Å². The van der Waals surface area contributed by atoms with Gasteiger partial charge < -0.3 is 0 Å². The van der Waals surface area contributed by atoms with Crippen LogP contribution in [0.15, 0.2) is 18.2 Å². The van der Waals surface area contributed by atoms with E-state index in [1.165, 1.54) is 0 Å². The van der Waals surface area contributed by atoms with Crippen molar-refractivity contribution in [3.8, 4) is 0 Å². The normalized spacial score (nSPS) is 13.0. The first-order valence-corrected chi connectivity index (χ1v) is 4.22. The van der Waals surface area contributed by atoms with Crippen LogP contribution in [0.2, 0.25) is 10.0 Å². The van der Waals surface area contributed by atoms with Gasteiger partial charge >= 0.3 is 0 Å². The third-order valence-electron chi connectivity index (χ3n) is 1.61. The smallest absolute Gasteiger partial charge is 0.104 e. The molecular weight excluding hydrogens is 197 g/mol. The molecule has 0 heterocycles. The predicted octanol–water partition coefficient (Wildman–Crippen LogP) is 2.94. The molecule has 4 heteroatoms. The van der Waals surface area contributed by atoms with Crippen molar-refractivity contribution in [1.29, 1.82) is 0 Å². The molecule has 0 saturated heterocycles. The second-order valence-corrected chi connectivity index (χ2v) is 3.23. The lowest BCUT2D eigenvalue weighted by Gasteiger charge is -2.12. The zero-order chi connectivity index (χ0) is 9.14. The summed E-state index contributed by atoms with van der Waals surface area (Å²) in [7, 11) is 0.